The average molecular weight is 651 g/mol. The fraction of sp³-hybridized carbons (Fsp3) is 0.148. The minimum Gasteiger partial charge on any atom is -0.490 e. The number of ether oxygens (including phenoxy) is 2. The van der Waals surface area contributed by atoms with Gasteiger partial charge in [-0.3, -0.25) is 4.79 Å². The molecule has 4 rings (SSSR count). The number of thioether (sulfide) groups is 1. The first kappa shape index (κ1) is 28.4. The van der Waals surface area contributed by atoms with Crippen LogP contribution in [0.15, 0.2) is 80.0 Å². The molecular formula is C27H22BrCl2N3O3S2. The summed E-state index contributed by atoms with van der Waals surface area (Å²) in [6, 6.07) is 18.6. The molecule has 0 saturated heterocycles. The van der Waals surface area contributed by atoms with E-state index in [4.69, 9.17) is 32.7 Å². The highest BCUT2D eigenvalue weighted by Crippen LogP contribution is 2.37. The van der Waals surface area contributed by atoms with Gasteiger partial charge in [-0.1, -0.05) is 65.3 Å². The molecule has 0 radical (unpaired) electrons. The number of thiazole rings is 1. The van der Waals surface area contributed by atoms with Crippen molar-refractivity contribution in [3.63, 3.8) is 0 Å². The molecular weight excluding hydrogens is 629 g/mol. The van der Waals surface area contributed by atoms with Crippen molar-refractivity contribution < 1.29 is 14.3 Å². The van der Waals surface area contributed by atoms with Crippen molar-refractivity contribution in [3.8, 4) is 22.8 Å². The molecule has 0 spiro atoms. The quantitative estimate of drug-likeness (QED) is 0.101. The maximum absolute atomic E-state index is 12.3. The molecule has 0 saturated carbocycles. The maximum Gasteiger partial charge on any atom is 0.250 e. The number of amides is 1. The second-order valence-electron chi connectivity index (χ2n) is 7.73. The van der Waals surface area contributed by atoms with Gasteiger partial charge in [0.2, 0.25) is 0 Å². The van der Waals surface area contributed by atoms with E-state index in [0.717, 1.165) is 26.7 Å². The number of carbonyl (C=O) groups excluding carboxylic acids is 1. The topological polar surface area (TPSA) is 72.8 Å². The third kappa shape index (κ3) is 7.97. The highest BCUT2D eigenvalue weighted by atomic mass is 79.9. The zero-order valence-corrected chi connectivity index (χ0v) is 24.8. The van der Waals surface area contributed by atoms with Crippen molar-refractivity contribution in [2.75, 3.05) is 12.4 Å². The first-order valence-electron chi connectivity index (χ1n) is 11.4. The van der Waals surface area contributed by atoms with Crippen LogP contribution >= 0.6 is 62.2 Å². The Hall–Kier alpha value is -2.56. The molecule has 0 aliphatic heterocycles. The van der Waals surface area contributed by atoms with Crippen LogP contribution in [-0.2, 0) is 11.4 Å². The number of benzene rings is 3. The SMILES string of the molecule is CCOc1cc(/C=N/NC(=O)CSc2nc(-c3ccc(Cl)cc3)cs2)cc(Br)c1OCc1ccccc1Cl. The van der Waals surface area contributed by atoms with E-state index in [1.807, 2.05) is 66.9 Å². The normalized spacial score (nSPS) is 11.1. The van der Waals surface area contributed by atoms with Crippen molar-refractivity contribution in [3.05, 3.63) is 91.7 Å². The lowest BCUT2D eigenvalue weighted by Crippen LogP contribution is -2.19. The largest absolute Gasteiger partial charge is 0.490 e. The van der Waals surface area contributed by atoms with E-state index in [1.54, 1.807) is 12.3 Å². The number of hydrogen-bond donors (Lipinski definition) is 1. The summed E-state index contributed by atoms with van der Waals surface area (Å²) in [5.74, 6) is 1.06. The zero-order valence-electron chi connectivity index (χ0n) is 20.1. The summed E-state index contributed by atoms with van der Waals surface area (Å²) in [5, 5.41) is 7.36. The fourth-order valence-corrected chi connectivity index (χ4v) is 5.76. The highest BCUT2D eigenvalue weighted by Gasteiger charge is 2.13. The highest BCUT2D eigenvalue weighted by molar-refractivity contribution is 9.10. The molecule has 1 amide bonds. The molecule has 4 aromatic rings. The van der Waals surface area contributed by atoms with Crippen molar-refractivity contribution in [1.29, 1.82) is 0 Å². The van der Waals surface area contributed by atoms with E-state index in [1.165, 1.54) is 23.1 Å². The minimum atomic E-state index is -0.238. The van der Waals surface area contributed by atoms with Gasteiger partial charge in [0.25, 0.3) is 5.91 Å². The van der Waals surface area contributed by atoms with Gasteiger partial charge < -0.3 is 9.47 Å². The molecule has 38 heavy (non-hydrogen) atoms. The molecule has 1 aromatic heterocycles. The summed E-state index contributed by atoms with van der Waals surface area (Å²) in [7, 11) is 0. The summed E-state index contributed by atoms with van der Waals surface area (Å²) < 4.78 is 13.3. The third-order valence-electron chi connectivity index (χ3n) is 5.01. The van der Waals surface area contributed by atoms with Gasteiger partial charge in [0.05, 0.1) is 28.7 Å². The lowest BCUT2D eigenvalue weighted by atomic mass is 10.2. The van der Waals surface area contributed by atoms with Crippen molar-refractivity contribution in [2.45, 2.75) is 17.9 Å². The minimum absolute atomic E-state index is 0.188. The second kappa shape index (κ2) is 14.0. The lowest BCUT2D eigenvalue weighted by Gasteiger charge is -2.15. The molecule has 1 N–H and O–H groups in total. The predicted molar refractivity (Wildman–Crippen MR) is 160 cm³/mol. The van der Waals surface area contributed by atoms with Gasteiger partial charge in [0.1, 0.15) is 6.61 Å². The average Bonchev–Trinajstić information content (AvgIpc) is 3.38. The molecule has 196 valence electrons. The Morgan fingerprint density at radius 3 is 2.71 bits per heavy atom. The Bertz CT molecular complexity index is 1430. The van der Waals surface area contributed by atoms with Crippen molar-refractivity contribution in [2.24, 2.45) is 5.10 Å². The van der Waals surface area contributed by atoms with Crippen LogP contribution in [0.25, 0.3) is 11.3 Å². The lowest BCUT2D eigenvalue weighted by molar-refractivity contribution is -0.118. The Morgan fingerprint density at radius 2 is 1.95 bits per heavy atom. The Kier molecular flexibility index (Phi) is 10.5. The van der Waals surface area contributed by atoms with Gasteiger partial charge in [0, 0.05) is 26.6 Å². The smallest absolute Gasteiger partial charge is 0.250 e. The van der Waals surface area contributed by atoms with Crippen LogP contribution in [-0.4, -0.2) is 29.5 Å². The Morgan fingerprint density at radius 1 is 1.16 bits per heavy atom. The van der Waals surface area contributed by atoms with E-state index >= 15 is 0 Å². The number of nitrogens with one attached hydrogen (secondary N) is 1. The zero-order chi connectivity index (χ0) is 26.9. The summed E-state index contributed by atoms with van der Waals surface area (Å²) >= 11 is 18.6. The van der Waals surface area contributed by atoms with Gasteiger partial charge in [-0.15, -0.1) is 11.3 Å². The van der Waals surface area contributed by atoms with Crippen LogP contribution in [0.1, 0.15) is 18.1 Å². The first-order chi connectivity index (χ1) is 18.4. The van der Waals surface area contributed by atoms with Crippen LogP contribution in [0.3, 0.4) is 0 Å². The van der Waals surface area contributed by atoms with E-state index in [9.17, 15) is 4.79 Å². The third-order valence-corrected chi connectivity index (χ3v) is 8.25. The van der Waals surface area contributed by atoms with Crippen LogP contribution in [0.5, 0.6) is 11.5 Å². The van der Waals surface area contributed by atoms with Crippen LogP contribution in [0.4, 0.5) is 0 Å². The van der Waals surface area contributed by atoms with Gasteiger partial charge in [-0.05, 0) is 58.7 Å². The number of halogens is 3. The van der Waals surface area contributed by atoms with Crippen LogP contribution < -0.4 is 14.9 Å². The van der Waals surface area contributed by atoms with E-state index in [0.29, 0.717) is 39.2 Å². The number of nitrogens with zero attached hydrogens (tertiary/aromatic N) is 2. The van der Waals surface area contributed by atoms with Gasteiger partial charge in [-0.25, -0.2) is 10.4 Å². The standard InChI is InChI=1S/C27H22BrCl2N3O3S2/c1-2-35-24-12-17(11-21(28)26(24)36-14-19-5-3-4-6-22(19)30)13-31-33-25(34)16-38-27-32-23(15-37-27)18-7-9-20(29)10-8-18/h3-13,15H,2,14,16H2,1H3,(H,33,34)/b31-13+. The van der Waals surface area contributed by atoms with E-state index in [-0.39, 0.29) is 11.7 Å². The number of aromatic nitrogens is 1. The van der Waals surface area contributed by atoms with E-state index < -0.39 is 0 Å². The fourth-order valence-electron chi connectivity index (χ4n) is 3.25. The van der Waals surface area contributed by atoms with Crippen molar-refractivity contribution >= 4 is 74.4 Å². The molecule has 6 nitrogen and oxygen atoms in total. The van der Waals surface area contributed by atoms with Crippen molar-refractivity contribution in [1.82, 2.24) is 10.4 Å². The maximum atomic E-state index is 12.3. The first-order valence-corrected chi connectivity index (χ1v) is 14.8. The van der Waals surface area contributed by atoms with E-state index in [2.05, 4.69) is 31.4 Å². The molecule has 11 heteroatoms. The number of hydrazone groups is 1. The van der Waals surface area contributed by atoms with Crippen LogP contribution in [0.2, 0.25) is 10.0 Å². The molecule has 3 aromatic carbocycles. The summed E-state index contributed by atoms with van der Waals surface area (Å²) in [6.45, 7) is 2.64. The molecule has 0 aliphatic rings. The molecule has 0 unspecified atom stereocenters. The molecule has 0 aliphatic carbocycles. The predicted octanol–water partition coefficient (Wildman–Crippen LogP) is 8.10. The second-order valence-corrected chi connectivity index (χ2v) is 11.5. The number of rotatable bonds is 11. The van der Waals surface area contributed by atoms with Gasteiger partial charge in [-0.2, -0.15) is 5.10 Å². The Labute approximate surface area is 247 Å². The number of carbonyl (C=O) groups is 1. The summed E-state index contributed by atoms with van der Waals surface area (Å²) in [5.41, 5.74) is 5.98. The van der Waals surface area contributed by atoms with Crippen LogP contribution in [0, 0.1) is 0 Å². The monoisotopic (exact) mass is 649 g/mol. The summed E-state index contributed by atoms with van der Waals surface area (Å²) in [4.78, 5) is 16.9. The Balaban J connectivity index is 1.33. The molecule has 0 fully saturated rings. The van der Waals surface area contributed by atoms with Gasteiger partial charge >= 0.3 is 0 Å². The molecule has 0 atom stereocenters. The number of hydrogen-bond acceptors (Lipinski definition) is 7. The molecule has 0 bridgehead atoms. The molecule has 1 heterocycles. The summed E-state index contributed by atoms with van der Waals surface area (Å²) in [6.07, 6.45) is 1.55. The van der Waals surface area contributed by atoms with Gasteiger partial charge in [0.15, 0.2) is 15.8 Å².